The lowest BCUT2D eigenvalue weighted by Crippen LogP contribution is -2.56. The molecule has 2 heterocycles. The SMILES string of the molecule is C=CC(=O)NC[C@H](NC(=O)OCC(C)(C)CCCCc1cccc2c1CN(C(=O)O)C2)C(=O)N1CCC[C@H]1C(N)=O. The topological polar surface area (TPSA) is 171 Å². The Morgan fingerprint density at radius 3 is 2.66 bits per heavy atom. The second-order valence-electron chi connectivity index (χ2n) is 11.4. The van der Waals surface area contributed by atoms with Crippen LogP contribution >= 0.6 is 0 Å². The minimum Gasteiger partial charge on any atom is -0.465 e. The van der Waals surface area contributed by atoms with E-state index in [9.17, 15) is 29.1 Å². The zero-order valence-electron chi connectivity index (χ0n) is 23.8. The fraction of sp³-hybridized carbons (Fsp3) is 0.552. The van der Waals surface area contributed by atoms with E-state index < -0.39 is 42.0 Å². The van der Waals surface area contributed by atoms with Crippen molar-refractivity contribution in [1.82, 2.24) is 20.4 Å². The van der Waals surface area contributed by atoms with Gasteiger partial charge in [0.2, 0.25) is 17.7 Å². The highest BCUT2D eigenvalue weighted by atomic mass is 16.5. The van der Waals surface area contributed by atoms with Crippen LogP contribution in [0.2, 0.25) is 0 Å². The smallest absolute Gasteiger partial charge is 0.407 e. The molecule has 0 spiro atoms. The van der Waals surface area contributed by atoms with Crippen LogP contribution in [0.15, 0.2) is 30.9 Å². The molecule has 1 saturated heterocycles. The van der Waals surface area contributed by atoms with Crippen LogP contribution in [-0.4, -0.2) is 76.6 Å². The van der Waals surface area contributed by atoms with Crippen molar-refractivity contribution in [3.63, 3.8) is 0 Å². The van der Waals surface area contributed by atoms with Crippen LogP contribution in [0.5, 0.6) is 0 Å². The van der Waals surface area contributed by atoms with E-state index in [2.05, 4.69) is 17.2 Å². The lowest BCUT2D eigenvalue weighted by molar-refractivity contribution is -0.139. The van der Waals surface area contributed by atoms with Gasteiger partial charge in [0.15, 0.2) is 0 Å². The Hall–Kier alpha value is -4.09. The number of primary amides is 1. The van der Waals surface area contributed by atoms with Crippen molar-refractivity contribution in [2.45, 2.75) is 77.5 Å². The third-order valence-electron chi connectivity index (χ3n) is 7.61. The first kappa shape index (κ1) is 31.4. The Labute approximate surface area is 240 Å². The molecular weight excluding hydrogens is 530 g/mol. The highest BCUT2D eigenvalue weighted by Crippen LogP contribution is 2.29. The summed E-state index contributed by atoms with van der Waals surface area (Å²) in [6.45, 7) is 8.43. The minimum absolute atomic E-state index is 0.112. The van der Waals surface area contributed by atoms with E-state index in [0.29, 0.717) is 32.5 Å². The van der Waals surface area contributed by atoms with E-state index in [-0.39, 0.29) is 18.6 Å². The molecule has 5 N–H and O–H groups in total. The van der Waals surface area contributed by atoms with Crippen molar-refractivity contribution in [3.05, 3.63) is 47.5 Å². The first-order valence-electron chi connectivity index (χ1n) is 13.9. The number of ether oxygens (including phenoxy) is 1. The number of carboxylic acid groups (broad SMARTS) is 1. The molecule has 3 rings (SSSR count). The quantitative estimate of drug-likeness (QED) is 0.208. The maximum absolute atomic E-state index is 13.2. The third kappa shape index (κ3) is 8.70. The largest absolute Gasteiger partial charge is 0.465 e. The first-order chi connectivity index (χ1) is 19.4. The second kappa shape index (κ2) is 14.0. The molecule has 2 aliphatic heterocycles. The summed E-state index contributed by atoms with van der Waals surface area (Å²) in [5.41, 5.74) is 8.42. The van der Waals surface area contributed by atoms with Gasteiger partial charge in [-0.2, -0.15) is 0 Å². The second-order valence-corrected chi connectivity index (χ2v) is 11.4. The molecule has 2 aliphatic rings. The van der Waals surface area contributed by atoms with Crippen LogP contribution in [0, 0.1) is 5.41 Å². The average molecular weight is 572 g/mol. The zero-order valence-corrected chi connectivity index (χ0v) is 23.8. The third-order valence-corrected chi connectivity index (χ3v) is 7.61. The molecule has 224 valence electrons. The molecule has 1 aromatic carbocycles. The molecule has 1 aromatic rings. The number of nitrogens with zero attached hydrogens (tertiary/aromatic N) is 2. The van der Waals surface area contributed by atoms with Crippen LogP contribution in [0.25, 0.3) is 0 Å². The summed E-state index contributed by atoms with van der Waals surface area (Å²) in [4.78, 5) is 63.4. The number of nitrogens with two attached hydrogens (primary N) is 1. The van der Waals surface area contributed by atoms with Crippen LogP contribution in [0.1, 0.15) is 62.6 Å². The van der Waals surface area contributed by atoms with Gasteiger partial charge in [0.1, 0.15) is 12.1 Å². The number of unbranched alkanes of at least 4 members (excludes halogenated alkanes) is 1. The number of aryl methyl sites for hydroxylation is 1. The molecule has 0 saturated carbocycles. The number of carbonyl (C=O) groups excluding carboxylic acids is 4. The summed E-state index contributed by atoms with van der Waals surface area (Å²) in [7, 11) is 0. The maximum Gasteiger partial charge on any atom is 0.407 e. The molecule has 0 aromatic heterocycles. The van der Waals surface area contributed by atoms with Gasteiger partial charge < -0.3 is 31.1 Å². The lowest BCUT2D eigenvalue weighted by atomic mass is 9.87. The fourth-order valence-corrected chi connectivity index (χ4v) is 5.30. The number of rotatable bonds is 13. The first-order valence-corrected chi connectivity index (χ1v) is 13.9. The molecule has 12 nitrogen and oxygen atoms in total. The Morgan fingerprint density at radius 2 is 1.98 bits per heavy atom. The lowest BCUT2D eigenvalue weighted by Gasteiger charge is -2.28. The summed E-state index contributed by atoms with van der Waals surface area (Å²) >= 11 is 0. The Morgan fingerprint density at radius 1 is 1.22 bits per heavy atom. The van der Waals surface area contributed by atoms with Gasteiger partial charge in [0, 0.05) is 26.2 Å². The number of nitrogens with one attached hydrogen (secondary N) is 2. The summed E-state index contributed by atoms with van der Waals surface area (Å²) in [6, 6.07) is 4.09. The van der Waals surface area contributed by atoms with Crippen LogP contribution in [0.3, 0.4) is 0 Å². The number of amides is 5. The number of hydrogen-bond acceptors (Lipinski definition) is 6. The Balaban J connectivity index is 1.48. The Kier molecular flexibility index (Phi) is 10.7. The van der Waals surface area contributed by atoms with E-state index in [1.165, 1.54) is 9.80 Å². The van der Waals surface area contributed by atoms with E-state index in [0.717, 1.165) is 48.4 Å². The number of carbonyl (C=O) groups is 5. The average Bonchev–Trinajstić information content (AvgIpc) is 3.60. The van der Waals surface area contributed by atoms with Gasteiger partial charge in [-0.25, -0.2) is 9.59 Å². The molecule has 2 atom stereocenters. The molecule has 0 unspecified atom stereocenters. The summed E-state index contributed by atoms with van der Waals surface area (Å²) < 4.78 is 5.46. The number of benzene rings is 1. The highest BCUT2D eigenvalue weighted by molar-refractivity contribution is 5.92. The van der Waals surface area contributed by atoms with Crippen LogP contribution in [0.4, 0.5) is 9.59 Å². The highest BCUT2D eigenvalue weighted by Gasteiger charge is 2.37. The van der Waals surface area contributed by atoms with Crippen molar-refractivity contribution < 1.29 is 33.8 Å². The van der Waals surface area contributed by atoms with Crippen LogP contribution in [-0.2, 0) is 38.6 Å². The molecule has 1 fully saturated rings. The molecule has 0 bridgehead atoms. The predicted molar refractivity (Wildman–Crippen MR) is 150 cm³/mol. The van der Waals surface area contributed by atoms with Gasteiger partial charge >= 0.3 is 12.2 Å². The van der Waals surface area contributed by atoms with Gasteiger partial charge in [-0.15, -0.1) is 0 Å². The van der Waals surface area contributed by atoms with E-state index in [1.807, 2.05) is 32.0 Å². The van der Waals surface area contributed by atoms with Crippen molar-refractivity contribution in [2.24, 2.45) is 11.1 Å². The van der Waals surface area contributed by atoms with Gasteiger partial charge in [0.05, 0.1) is 6.61 Å². The maximum atomic E-state index is 13.2. The summed E-state index contributed by atoms with van der Waals surface area (Å²) in [5.74, 6) is -1.65. The zero-order chi connectivity index (χ0) is 30.2. The fourth-order valence-electron chi connectivity index (χ4n) is 5.30. The number of likely N-dealkylation sites (tertiary alicyclic amines) is 1. The van der Waals surface area contributed by atoms with Crippen LogP contribution < -0.4 is 16.4 Å². The van der Waals surface area contributed by atoms with Crippen molar-refractivity contribution in [3.8, 4) is 0 Å². The summed E-state index contributed by atoms with van der Waals surface area (Å²) in [5, 5.41) is 14.4. The standard InChI is InChI=1S/C29H41N5O7/c1-4-24(35)31-15-22(26(37)34-14-8-12-23(34)25(30)36)32-27(38)41-18-29(2,3)13-6-5-9-19-10-7-11-20-16-33(28(39)40)17-21(19)20/h4,7,10-11,22-23H,1,5-6,8-9,12-18H2,2-3H3,(H2,30,36)(H,31,35)(H,32,38)(H,39,40)/t22-,23-/m0/s1. The molecule has 12 heteroatoms. The minimum atomic E-state index is -1.14. The van der Waals surface area contributed by atoms with Gasteiger partial charge in [0.25, 0.3) is 0 Å². The molecule has 5 amide bonds. The normalized spacial score (nSPS) is 17.0. The van der Waals surface area contributed by atoms with Crippen molar-refractivity contribution >= 4 is 29.9 Å². The monoisotopic (exact) mass is 571 g/mol. The molecule has 0 aliphatic carbocycles. The molecular formula is C29H41N5O7. The van der Waals surface area contributed by atoms with E-state index in [4.69, 9.17) is 10.5 Å². The van der Waals surface area contributed by atoms with E-state index in [1.54, 1.807) is 0 Å². The van der Waals surface area contributed by atoms with Gasteiger partial charge in [-0.3, -0.25) is 19.3 Å². The number of fused-ring (bicyclic) bond motifs is 1. The number of hydrogen-bond donors (Lipinski definition) is 4. The molecule has 41 heavy (non-hydrogen) atoms. The Bertz CT molecular complexity index is 1170. The van der Waals surface area contributed by atoms with Gasteiger partial charge in [-0.05, 0) is 60.3 Å². The predicted octanol–water partition coefficient (Wildman–Crippen LogP) is 2.29. The van der Waals surface area contributed by atoms with E-state index >= 15 is 0 Å². The molecule has 0 radical (unpaired) electrons. The summed E-state index contributed by atoms with van der Waals surface area (Å²) in [6.07, 6.45) is 3.77. The van der Waals surface area contributed by atoms with Crippen molar-refractivity contribution in [2.75, 3.05) is 19.7 Å². The van der Waals surface area contributed by atoms with Crippen molar-refractivity contribution in [1.29, 1.82) is 0 Å². The number of alkyl carbamates (subject to hydrolysis) is 1. The van der Waals surface area contributed by atoms with Gasteiger partial charge in [-0.1, -0.05) is 45.0 Å².